The van der Waals surface area contributed by atoms with Crippen LogP contribution < -0.4 is 0 Å². The third-order valence-electron chi connectivity index (χ3n) is 8.69. The van der Waals surface area contributed by atoms with E-state index < -0.39 is 0 Å². The number of carbonyl (C=O) groups is 2. The molecule has 0 aliphatic carbocycles. The standard InChI is InChI=1S/C37H40N4O2/c1-7-8-19-40(6)35(43)32-24-34-33(20-26(32)25-42)38-41(39-34)31-22-29(36(2,3)27-15-11-9-12-16-27)21-30(23-31)37(4,5)28-17-13-10-14-18-28/h9-18,20-25H,7-8,19H2,1-6H3. The fourth-order valence-electron chi connectivity index (χ4n) is 5.57. The van der Waals surface area contributed by atoms with Crippen molar-refractivity contribution in [3.63, 3.8) is 0 Å². The Bertz CT molecular complexity index is 1680. The van der Waals surface area contributed by atoms with Crippen molar-refractivity contribution in [1.29, 1.82) is 0 Å². The second-order valence-electron chi connectivity index (χ2n) is 12.4. The summed E-state index contributed by atoms with van der Waals surface area (Å²) in [6.07, 6.45) is 2.60. The van der Waals surface area contributed by atoms with Gasteiger partial charge in [-0.3, -0.25) is 9.59 Å². The third kappa shape index (κ3) is 5.87. The van der Waals surface area contributed by atoms with Crippen LogP contribution in [0.5, 0.6) is 0 Å². The minimum atomic E-state index is -0.293. The number of amides is 1. The number of benzene rings is 4. The summed E-state index contributed by atoms with van der Waals surface area (Å²) in [6.45, 7) is 11.6. The fourth-order valence-corrected chi connectivity index (χ4v) is 5.57. The van der Waals surface area contributed by atoms with E-state index in [4.69, 9.17) is 10.2 Å². The van der Waals surface area contributed by atoms with Gasteiger partial charge in [-0.2, -0.15) is 4.80 Å². The molecular weight excluding hydrogens is 532 g/mol. The van der Waals surface area contributed by atoms with E-state index in [0.717, 1.165) is 35.9 Å². The maximum Gasteiger partial charge on any atom is 0.254 e. The zero-order valence-electron chi connectivity index (χ0n) is 26.0. The van der Waals surface area contributed by atoms with Gasteiger partial charge in [0.15, 0.2) is 6.29 Å². The molecule has 4 aromatic carbocycles. The quantitative estimate of drug-likeness (QED) is 0.160. The van der Waals surface area contributed by atoms with Gasteiger partial charge in [-0.1, -0.05) is 108 Å². The molecule has 43 heavy (non-hydrogen) atoms. The molecule has 0 fully saturated rings. The van der Waals surface area contributed by atoms with Gasteiger partial charge < -0.3 is 4.90 Å². The molecule has 0 spiro atoms. The average Bonchev–Trinajstić information content (AvgIpc) is 3.46. The van der Waals surface area contributed by atoms with E-state index in [1.54, 1.807) is 28.9 Å². The summed E-state index contributed by atoms with van der Waals surface area (Å²) in [5.74, 6) is -0.189. The molecule has 220 valence electrons. The lowest BCUT2D eigenvalue weighted by Gasteiger charge is -2.31. The van der Waals surface area contributed by atoms with Crippen LogP contribution in [-0.2, 0) is 10.8 Å². The molecule has 0 unspecified atom stereocenters. The van der Waals surface area contributed by atoms with Gasteiger partial charge in [-0.15, -0.1) is 10.2 Å². The van der Waals surface area contributed by atoms with Crippen LogP contribution in [0.3, 0.4) is 0 Å². The first-order chi connectivity index (χ1) is 20.6. The molecule has 1 aromatic heterocycles. The van der Waals surface area contributed by atoms with E-state index >= 15 is 0 Å². The van der Waals surface area contributed by atoms with Crippen molar-refractivity contribution >= 4 is 23.2 Å². The number of aromatic nitrogens is 3. The Balaban J connectivity index is 1.66. The van der Waals surface area contributed by atoms with Crippen molar-refractivity contribution < 1.29 is 9.59 Å². The van der Waals surface area contributed by atoms with Crippen molar-refractivity contribution in [3.8, 4) is 5.69 Å². The smallest absolute Gasteiger partial charge is 0.254 e. The Morgan fingerprint density at radius 3 is 1.77 bits per heavy atom. The number of unbranched alkanes of at least 4 members (excludes halogenated alkanes) is 1. The second-order valence-corrected chi connectivity index (χ2v) is 12.4. The molecule has 0 aliphatic heterocycles. The summed E-state index contributed by atoms with van der Waals surface area (Å²) in [5, 5.41) is 9.63. The average molecular weight is 573 g/mol. The minimum Gasteiger partial charge on any atom is -0.342 e. The van der Waals surface area contributed by atoms with Crippen molar-refractivity contribution in [3.05, 3.63) is 124 Å². The zero-order chi connectivity index (χ0) is 30.8. The highest BCUT2D eigenvalue weighted by atomic mass is 16.2. The van der Waals surface area contributed by atoms with Crippen LogP contribution in [0.2, 0.25) is 0 Å². The molecule has 6 nitrogen and oxygen atoms in total. The summed E-state index contributed by atoms with van der Waals surface area (Å²) in [5.41, 5.74) is 6.71. The highest BCUT2D eigenvalue weighted by molar-refractivity contribution is 6.04. The molecule has 0 saturated carbocycles. The predicted octanol–water partition coefficient (Wildman–Crippen LogP) is 7.76. The molecule has 0 saturated heterocycles. The number of rotatable bonds is 10. The van der Waals surface area contributed by atoms with Crippen molar-refractivity contribution in [2.45, 2.75) is 58.3 Å². The molecule has 1 heterocycles. The van der Waals surface area contributed by atoms with Crippen LogP contribution in [0, 0.1) is 0 Å². The molecule has 5 rings (SSSR count). The van der Waals surface area contributed by atoms with E-state index in [9.17, 15) is 9.59 Å². The Hall–Kier alpha value is -4.58. The number of aldehydes is 1. The topological polar surface area (TPSA) is 68.1 Å². The van der Waals surface area contributed by atoms with Gasteiger partial charge in [0, 0.05) is 30.0 Å². The van der Waals surface area contributed by atoms with Crippen molar-refractivity contribution in [1.82, 2.24) is 19.9 Å². The third-order valence-corrected chi connectivity index (χ3v) is 8.69. The van der Waals surface area contributed by atoms with Gasteiger partial charge in [0.05, 0.1) is 11.3 Å². The van der Waals surface area contributed by atoms with E-state index in [-0.39, 0.29) is 16.7 Å². The molecule has 1 amide bonds. The Morgan fingerprint density at radius 2 is 1.28 bits per heavy atom. The van der Waals surface area contributed by atoms with Gasteiger partial charge in [-0.25, -0.2) is 0 Å². The van der Waals surface area contributed by atoms with E-state index in [1.165, 1.54) is 11.1 Å². The lowest BCUT2D eigenvalue weighted by atomic mass is 9.73. The van der Waals surface area contributed by atoms with Crippen LogP contribution in [0.1, 0.15) is 90.4 Å². The Kier molecular flexibility index (Phi) is 8.32. The minimum absolute atomic E-state index is 0.189. The number of hydrogen-bond donors (Lipinski definition) is 0. The number of nitrogens with zero attached hydrogens (tertiary/aromatic N) is 4. The van der Waals surface area contributed by atoms with Crippen LogP contribution in [-0.4, -0.2) is 45.7 Å². The van der Waals surface area contributed by atoms with Gasteiger partial charge >= 0.3 is 0 Å². The van der Waals surface area contributed by atoms with Gasteiger partial charge in [0.1, 0.15) is 11.0 Å². The van der Waals surface area contributed by atoms with Gasteiger partial charge in [-0.05, 0) is 52.9 Å². The monoisotopic (exact) mass is 572 g/mol. The molecule has 6 heteroatoms. The summed E-state index contributed by atoms with van der Waals surface area (Å²) in [7, 11) is 1.77. The van der Waals surface area contributed by atoms with Gasteiger partial charge in [0.25, 0.3) is 5.91 Å². The molecule has 0 radical (unpaired) electrons. The highest BCUT2D eigenvalue weighted by Gasteiger charge is 2.29. The summed E-state index contributed by atoms with van der Waals surface area (Å²) >= 11 is 0. The Morgan fingerprint density at radius 1 is 0.767 bits per heavy atom. The second kappa shape index (κ2) is 12.0. The predicted molar refractivity (Wildman–Crippen MR) is 173 cm³/mol. The van der Waals surface area contributed by atoms with E-state index in [0.29, 0.717) is 28.7 Å². The molecule has 5 aromatic rings. The molecular formula is C37H40N4O2. The fraction of sp³-hybridized carbons (Fsp3) is 0.297. The maximum absolute atomic E-state index is 13.2. The number of carbonyl (C=O) groups excluding carboxylic acids is 2. The van der Waals surface area contributed by atoms with Gasteiger partial charge in [0.2, 0.25) is 0 Å². The molecule has 0 bridgehead atoms. The summed E-state index contributed by atoms with van der Waals surface area (Å²) in [6, 6.07) is 30.9. The molecule has 0 N–H and O–H groups in total. The zero-order valence-corrected chi connectivity index (χ0v) is 26.0. The lowest BCUT2D eigenvalue weighted by molar-refractivity contribution is 0.0790. The maximum atomic E-state index is 13.2. The molecule has 0 atom stereocenters. The first kappa shape index (κ1) is 29.9. The normalized spacial score (nSPS) is 12.0. The first-order valence-electron chi connectivity index (χ1n) is 15.0. The van der Waals surface area contributed by atoms with E-state index in [2.05, 4.69) is 101 Å². The van der Waals surface area contributed by atoms with Crippen LogP contribution in [0.25, 0.3) is 16.7 Å². The van der Waals surface area contributed by atoms with Crippen LogP contribution >= 0.6 is 0 Å². The number of hydrogen-bond acceptors (Lipinski definition) is 4. The van der Waals surface area contributed by atoms with Crippen LogP contribution in [0.4, 0.5) is 0 Å². The van der Waals surface area contributed by atoms with Crippen LogP contribution in [0.15, 0.2) is 91.0 Å². The summed E-state index contributed by atoms with van der Waals surface area (Å²) < 4.78 is 0. The highest BCUT2D eigenvalue weighted by Crippen LogP contribution is 2.38. The largest absolute Gasteiger partial charge is 0.342 e. The lowest BCUT2D eigenvalue weighted by Crippen LogP contribution is -2.28. The Labute approximate surface area is 254 Å². The first-order valence-corrected chi connectivity index (χ1v) is 15.0. The van der Waals surface area contributed by atoms with Crippen molar-refractivity contribution in [2.75, 3.05) is 13.6 Å². The SMILES string of the molecule is CCCCN(C)C(=O)c1cc2nn(-c3cc(C(C)(C)c4ccccc4)cc(C(C)(C)c4ccccc4)c3)nc2cc1C=O. The molecule has 0 aliphatic rings. The van der Waals surface area contributed by atoms with E-state index in [1.807, 2.05) is 12.1 Å². The number of fused-ring (bicyclic) bond motifs is 1. The van der Waals surface area contributed by atoms with Crippen molar-refractivity contribution in [2.24, 2.45) is 0 Å². The summed E-state index contributed by atoms with van der Waals surface area (Å²) in [4.78, 5) is 28.6.